The fourth-order valence-corrected chi connectivity index (χ4v) is 4.18. The standard InChI is InChI=1S/C18H15ClFN3O2S/c19-13-2-1-3-14(20)12(13)8-23-6-4-15-16(9-23)26-18(21-15)22-17(24)11-5-7-25-10-11/h1-3,5,7,10H,4,6,8-9H2,(H,21,22,24). The van der Waals surface area contributed by atoms with Gasteiger partial charge in [0, 0.05) is 41.5 Å². The molecule has 0 atom stereocenters. The maximum Gasteiger partial charge on any atom is 0.260 e. The summed E-state index contributed by atoms with van der Waals surface area (Å²) in [6, 6.07) is 6.33. The molecule has 1 aliphatic rings. The van der Waals surface area contributed by atoms with Crippen molar-refractivity contribution in [2.24, 2.45) is 0 Å². The zero-order valence-corrected chi connectivity index (χ0v) is 15.2. The van der Waals surface area contributed by atoms with Crippen molar-refractivity contribution in [2.45, 2.75) is 19.5 Å². The lowest BCUT2D eigenvalue weighted by molar-refractivity contribution is 0.102. The smallest absolute Gasteiger partial charge is 0.260 e. The molecule has 2 aromatic heterocycles. The van der Waals surface area contributed by atoms with Crippen molar-refractivity contribution in [3.8, 4) is 0 Å². The molecular weight excluding hydrogens is 377 g/mol. The van der Waals surface area contributed by atoms with Crippen LogP contribution in [0, 0.1) is 5.82 Å². The van der Waals surface area contributed by atoms with Crippen molar-refractivity contribution < 1.29 is 13.6 Å². The Morgan fingerprint density at radius 3 is 3.08 bits per heavy atom. The molecule has 1 aliphatic heterocycles. The third-order valence-electron chi connectivity index (χ3n) is 4.26. The van der Waals surface area contributed by atoms with E-state index < -0.39 is 0 Å². The minimum absolute atomic E-state index is 0.250. The minimum Gasteiger partial charge on any atom is -0.472 e. The van der Waals surface area contributed by atoms with Gasteiger partial charge in [-0.05, 0) is 18.2 Å². The van der Waals surface area contributed by atoms with Crippen molar-refractivity contribution in [1.29, 1.82) is 0 Å². The second kappa shape index (κ2) is 7.19. The fourth-order valence-electron chi connectivity index (χ4n) is 2.91. The summed E-state index contributed by atoms with van der Waals surface area (Å²) >= 11 is 7.57. The molecule has 0 fully saturated rings. The van der Waals surface area contributed by atoms with Gasteiger partial charge in [-0.25, -0.2) is 9.37 Å². The van der Waals surface area contributed by atoms with Crippen molar-refractivity contribution in [1.82, 2.24) is 9.88 Å². The number of carbonyl (C=O) groups excluding carboxylic acids is 1. The first kappa shape index (κ1) is 17.2. The number of thiazole rings is 1. The summed E-state index contributed by atoms with van der Waals surface area (Å²) in [5, 5.41) is 3.79. The van der Waals surface area contributed by atoms with Gasteiger partial charge in [0.25, 0.3) is 5.91 Å². The maximum atomic E-state index is 14.0. The topological polar surface area (TPSA) is 58.4 Å². The predicted octanol–water partition coefficient (Wildman–Crippen LogP) is 4.34. The van der Waals surface area contributed by atoms with Gasteiger partial charge in [-0.15, -0.1) is 11.3 Å². The molecule has 1 amide bonds. The number of rotatable bonds is 4. The first-order valence-corrected chi connectivity index (χ1v) is 9.27. The van der Waals surface area contributed by atoms with Crippen molar-refractivity contribution in [3.05, 3.63) is 69.3 Å². The summed E-state index contributed by atoms with van der Waals surface area (Å²) in [7, 11) is 0. The molecule has 0 bridgehead atoms. The van der Waals surface area contributed by atoms with Gasteiger partial charge >= 0.3 is 0 Å². The van der Waals surface area contributed by atoms with Crippen LogP contribution < -0.4 is 5.32 Å². The molecule has 0 unspecified atom stereocenters. The highest BCUT2D eigenvalue weighted by molar-refractivity contribution is 7.15. The van der Waals surface area contributed by atoms with E-state index in [1.165, 1.54) is 29.9 Å². The van der Waals surface area contributed by atoms with Crippen LogP contribution in [0.5, 0.6) is 0 Å². The van der Waals surface area contributed by atoms with Gasteiger partial charge in [-0.3, -0.25) is 15.0 Å². The first-order valence-electron chi connectivity index (χ1n) is 8.07. The van der Waals surface area contributed by atoms with Gasteiger partial charge in [0.2, 0.25) is 0 Å². The molecule has 3 aromatic rings. The fraction of sp³-hybridized carbons (Fsp3) is 0.222. The number of benzene rings is 1. The normalized spacial score (nSPS) is 14.2. The highest BCUT2D eigenvalue weighted by Gasteiger charge is 2.23. The third-order valence-corrected chi connectivity index (χ3v) is 5.61. The van der Waals surface area contributed by atoms with E-state index >= 15 is 0 Å². The van der Waals surface area contributed by atoms with Gasteiger partial charge in [-0.2, -0.15) is 0 Å². The largest absolute Gasteiger partial charge is 0.472 e. The number of hydrogen-bond donors (Lipinski definition) is 1. The van der Waals surface area contributed by atoms with E-state index in [0.29, 0.717) is 34.4 Å². The molecule has 1 aromatic carbocycles. The molecule has 26 heavy (non-hydrogen) atoms. The van der Waals surface area contributed by atoms with E-state index in [1.54, 1.807) is 18.2 Å². The molecular formula is C18H15ClFN3O2S. The molecule has 0 spiro atoms. The zero-order valence-electron chi connectivity index (χ0n) is 13.7. The average molecular weight is 392 g/mol. The summed E-state index contributed by atoms with van der Waals surface area (Å²) in [5.74, 6) is -0.541. The number of nitrogens with zero attached hydrogens (tertiary/aromatic N) is 2. The molecule has 0 saturated heterocycles. The van der Waals surface area contributed by atoms with Crippen LogP contribution in [-0.2, 0) is 19.5 Å². The van der Waals surface area contributed by atoms with Crippen LogP contribution in [0.4, 0.5) is 9.52 Å². The van der Waals surface area contributed by atoms with Crippen LogP contribution in [0.25, 0.3) is 0 Å². The summed E-state index contributed by atoms with van der Waals surface area (Å²) in [6.45, 7) is 1.86. The highest BCUT2D eigenvalue weighted by Crippen LogP contribution is 2.30. The number of furan rings is 1. The zero-order chi connectivity index (χ0) is 18.1. The highest BCUT2D eigenvalue weighted by atomic mass is 35.5. The van der Waals surface area contributed by atoms with Gasteiger partial charge in [0.1, 0.15) is 12.1 Å². The molecule has 0 aliphatic carbocycles. The predicted molar refractivity (Wildman–Crippen MR) is 98.0 cm³/mol. The molecule has 0 saturated carbocycles. The van der Waals surface area contributed by atoms with Crippen LogP contribution >= 0.6 is 22.9 Å². The Bertz CT molecular complexity index is 922. The molecule has 134 valence electrons. The Balaban J connectivity index is 1.46. The molecule has 8 heteroatoms. The Hall–Kier alpha value is -2.22. The molecule has 5 nitrogen and oxygen atoms in total. The Morgan fingerprint density at radius 1 is 1.42 bits per heavy atom. The summed E-state index contributed by atoms with van der Waals surface area (Å²) in [6.07, 6.45) is 3.59. The van der Waals surface area contributed by atoms with Gasteiger partial charge in [-0.1, -0.05) is 17.7 Å². The minimum atomic E-state index is -0.291. The van der Waals surface area contributed by atoms with E-state index in [0.717, 1.165) is 23.5 Å². The van der Waals surface area contributed by atoms with Gasteiger partial charge in [0.05, 0.1) is 17.5 Å². The lowest BCUT2D eigenvalue weighted by Crippen LogP contribution is -2.29. The number of aromatic nitrogens is 1. The Morgan fingerprint density at radius 2 is 2.31 bits per heavy atom. The molecule has 3 heterocycles. The monoisotopic (exact) mass is 391 g/mol. The number of halogens is 2. The second-order valence-corrected chi connectivity index (χ2v) is 7.51. The van der Waals surface area contributed by atoms with Crippen LogP contribution in [0.3, 0.4) is 0 Å². The maximum absolute atomic E-state index is 14.0. The Labute approximate surface area is 158 Å². The number of fused-ring (bicyclic) bond motifs is 1. The van der Waals surface area contributed by atoms with E-state index in [4.69, 9.17) is 16.0 Å². The molecule has 0 radical (unpaired) electrons. The lowest BCUT2D eigenvalue weighted by Gasteiger charge is -2.26. The van der Waals surface area contributed by atoms with Crippen molar-refractivity contribution in [2.75, 3.05) is 11.9 Å². The SMILES string of the molecule is O=C(Nc1nc2c(s1)CN(Cc1c(F)cccc1Cl)CC2)c1ccoc1. The Kier molecular flexibility index (Phi) is 4.76. The summed E-state index contributed by atoms with van der Waals surface area (Å²) in [4.78, 5) is 19.8. The van der Waals surface area contributed by atoms with E-state index in [2.05, 4.69) is 15.2 Å². The number of amides is 1. The van der Waals surface area contributed by atoms with Gasteiger partial charge < -0.3 is 4.42 Å². The number of carbonyl (C=O) groups is 1. The van der Waals surface area contributed by atoms with Crippen molar-refractivity contribution in [3.63, 3.8) is 0 Å². The van der Waals surface area contributed by atoms with Crippen LogP contribution in [-0.4, -0.2) is 22.3 Å². The lowest BCUT2D eigenvalue weighted by atomic mass is 10.1. The summed E-state index contributed by atoms with van der Waals surface area (Å²) < 4.78 is 18.9. The van der Waals surface area contributed by atoms with Crippen molar-refractivity contribution >= 4 is 34.0 Å². The second-order valence-electron chi connectivity index (χ2n) is 6.02. The number of nitrogens with one attached hydrogen (secondary N) is 1. The van der Waals surface area contributed by atoms with Crippen LogP contribution in [0.2, 0.25) is 5.02 Å². The van der Waals surface area contributed by atoms with E-state index in [9.17, 15) is 9.18 Å². The number of hydrogen-bond acceptors (Lipinski definition) is 5. The van der Waals surface area contributed by atoms with E-state index in [-0.39, 0.29) is 11.7 Å². The average Bonchev–Trinajstić information content (AvgIpc) is 3.27. The first-order chi connectivity index (χ1) is 12.6. The van der Waals surface area contributed by atoms with Gasteiger partial charge in [0.15, 0.2) is 5.13 Å². The third kappa shape index (κ3) is 3.51. The quantitative estimate of drug-likeness (QED) is 0.718. The molecule has 4 rings (SSSR count). The number of anilines is 1. The van der Waals surface area contributed by atoms with E-state index in [1.807, 2.05) is 0 Å². The van der Waals surface area contributed by atoms with Crippen LogP contribution in [0.1, 0.15) is 26.5 Å². The summed E-state index contributed by atoms with van der Waals surface area (Å²) in [5.41, 5.74) is 1.94. The van der Waals surface area contributed by atoms with Crippen LogP contribution in [0.15, 0.2) is 41.2 Å². The molecule has 1 N–H and O–H groups in total.